The maximum atomic E-state index is 13.1. The molecule has 2 aromatic carbocycles. The quantitative estimate of drug-likeness (QED) is 0.306. The number of rotatable bonds is 11. The molecular weight excluding hydrogens is 550 g/mol. The first kappa shape index (κ1) is 30.8. The van der Waals surface area contributed by atoms with E-state index in [1.54, 1.807) is 18.2 Å². The van der Waals surface area contributed by atoms with Gasteiger partial charge in [-0.25, -0.2) is 9.59 Å². The van der Waals surface area contributed by atoms with Crippen molar-refractivity contribution in [3.05, 3.63) is 41.5 Å². The van der Waals surface area contributed by atoms with Gasteiger partial charge in [-0.3, -0.25) is 4.90 Å². The zero-order chi connectivity index (χ0) is 30.6. The molecule has 0 aliphatic carbocycles. The molecule has 12 nitrogen and oxygen atoms in total. The summed E-state index contributed by atoms with van der Waals surface area (Å²) >= 11 is 0. The fraction of sp³-hybridized carbons (Fsp3) is 0.467. The molecule has 0 aromatic heterocycles. The summed E-state index contributed by atoms with van der Waals surface area (Å²) in [6.07, 6.45) is 1.32. The molecule has 2 aliphatic heterocycles. The molecule has 2 saturated heterocycles. The number of hydrogen-bond acceptors (Lipinski definition) is 12. The van der Waals surface area contributed by atoms with E-state index in [2.05, 4.69) is 0 Å². The molecule has 1 N–H and O–H groups in total. The molecule has 0 saturated carbocycles. The number of methoxy groups -OCH3 is 6. The number of esters is 2. The Labute approximate surface area is 244 Å². The maximum absolute atomic E-state index is 13.1. The Morgan fingerprint density at radius 3 is 1.76 bits per heavy atom. The molecule has 0 amide bonds. The minimum atomic E-state index is -0.955. The molecule has 0 radical (unpaired) electrons. The molecule has 0 spiro atoms. The van der Waals surface area contributed by atoms with Crippen LogP contribution in [0.1, 0.15) is 28.8 Å². The fourth-order valence-electron chi connectivity index (χ4n) is 5.60. The molecule has 228 valence electrons. The van der Waals surface area contributed by atoms with Gasteiger partial charge in [0.2, 0.25) is 11.5 Å². The van der Waals surface area contributed by atoms with E-state index in [9.17, 15) is 14.7 Å². The number of carbonyl (C=O) groups is 2. The Morgan fingerprint density at radius 1 is 0.762 bits per heavy atom. The Bertz CT molecular complexity index is 1280. The van der Waals surface area contributed by atoms with Crippen LogP contribution >= 0.6 is 0 Å². The highest BCUT2D eigenvalue weighted by atomic mass is 16.6. The van der Waals surface area contributed by atoms with Crippen molar-refractivity contribution in [3.63, 3.8) is 0 Å². The van der Waals surface area contributed by atoms with Gasteiger partial charge in [0.1, 0.15) is 18.3 Å². The highest BCUT2D eigenvalue weighted by Crippen LogP contribution is 2.41. The van der Waals surface area contributed by atoms with Crippen LogP contribution in [0, 0.1) is 0 Å². The number of benzene rings is 2. The average Bonchev–Trinajstić information content (AvgIpc) is 3.12. The van der Waals surface area contributed by atoms with E-state index < -0.39 is 30.3 Å². The van der Waals surface area contributed by atoms with Gasteiger partial charge in [0.05, 0.1) is 54.3 Å². The van der Waals surface area contributed by atoms with Crippen molar-refractivity contribution in [2.75, 3.05) is 49.7 Å². The SMILES string of the molecule is COc1cc(/C=C/C(=O)OC2C(O)C3CC(OC(=O)c4cc(OC)c(OC)c(OC)c4)CC2N3C)cc(OC)c1OC. The second-order valence-electron chi connectivity index (χ2n) is 9.90. The van der Waals surface area contributed by atoms with Crippen LogP contribution in [0.2, 0.25) is 0 Å². The van der Waals surface area contributed by atoms with Gasteiger partial charge in [0, 0.05) is 25.0 Å². The third kappa shape index (κ3) is 6.04. The number of piperidine rings is 1. The van der Waals surface area contributed by atoms with Gasteiger partial charge in [0.15, 0.2) is 23.0 Å². The molecule has 5 atom stereocenters. The molecule has 2 aromatic rings. The monoisotopic (exact) mass is 587 g/mol. The number of hydrogen-bond donors (Lipinski definition) is 1. The molecule has 2 heterocycles. The predicted molar refractivity (Wildman–Crippen MR) is 151 cm³/mol. The highest BCUT2D eigenvalue weighted by Gasteiger charge is 2.53. The van der Waals surface area contributed by atoms with E-state index in [-0.39, 0.29) is 17.6 Å². The minimum absolute atomic E-state index is 0.233. The predicted octanol–water partition coefficient (Wildman–Crippen LogP) is 2.73. The summed E-state index contributed by atoms with van der Waals surface area (Å²) in [6.45, 7) is 0. The van der Waals surface area contributed by atoms with Crippen molar-refractivity contribution < 1.29 is 52.6 Å². The van der Waals surface area contributed by atoms with E-state index in [1.807, 2.05) is 11.9 Å². The van der Waals surface area contributed by atoms with Gasteiger partial charge in [-0.1, -0.05) is 0 Å². The van der Waals surface area contributed by atoms with Crippen LogP contribution < -0.4 is 28.4 Å². The molecule has 2 fully saturated rings. The van der Waals surface area contributed by atoms with Crippen molar-refractivity contribution >= 4 is 18.0 Å². The Hall–Kier alpha value is -4.16. The zero-order valence-corrected chi connectivity index (χ0v) is 24.7. The second-order valence-corrected chi connectivity index (χ2v) is 9.90. The Balaban J connectivity index is 1.44. The number of carbonyl (C=O) groups excluding carboxylic acids is 2. The van der Waals surface area contributed by atoms with Gasteiger partial charge in [-0.05, 0) is 43.0 Å². The summed E-state index contributed by atoms with van der Waals surface area (Å²) in [5.41, 5.74) is 0.860. The van der Waals surface area contributed by atoms with Gasteiger partial charge in [-0.2, -0.15) is 0 Å². The van der Waals surface area contributed by atoms with Gasteiger partial charge in [0.25, 0.3) is 0 Å². The van der Waals surface area contributed by atoms with Crippen LogP contribution in [0.3, 0.4) is 0 Å². The third-order valence-corrected chi connectivity index (χ3v) is 7.69. The number of aliphatic hydroxyl groups excluding tert-OH is 1. The van der Waals surface area contributed by atoms with E-state index in [4.69, 9.17) is 37.9 Å². The Morgan fingerprint density at radius 2 is 1.26 bits per heavy atom. The molecule has 42 heavy (non-hydrogen) atoms. The highest BCUT2D eigenvalue weighted by molar-refractivity contribution is 5.91. The average molecular weight is 588 g/mol. The number of nitrogens with zero attached hydrogens (tertiary/aromatic N) is 1. The smallest absolute Gasteiger partial charge is 0.338 e. The summed E-state index contributed by atoms with van der Waals surface area (Å²) < 4.78 is 43.6. The summed E-state index contributed by atoms with van der Waals surface area (Å²) in [5, 5.41) is 11.0. The number of fused-ring (bicyclic) bond motifs is 2. The topological polar surface area (TPSA) is 131 Å². The van der Waals surface area contributed by atoms with Crippen molar-refractivity contribution in [1.82, 2.24) is 4.90 Å². The third-order valence-electron chi connectivity index (χ3n) is 7.69. The van der Waals surface area contributed by atoms with Crippen molar-refractivity contribution in [2.24, 2.45) is 0 Å². The summed E-state index contributed by atoms with van der Waals surface area (Å²) in [7, 11) is 10.8. The number of likely N-dealkylation sites (N-methyl/N-ethyl adjacent to an activating group) is 1. The fourth-order valence-corrected chi connectivity index (χ4v) is 5.60. The van der Waals surface area contributed by atoms with E-state index in [0.717, 1.165) is 0 Å². The van der Waals surface area contributed by atoms with Crippen LogP contribution in [0.25, 0.3) is 6.08 Å². The first-order valence-corrected chi connectivity index (χ1v) is 13.3. The lowest BCUT2D eigenvalue weighted by molar-refractivity contribution is -0.148. The Kier molecular flexibility index (Phi) is 9.69. The second kappa shape index (κ2) is 13.2. The van der Waals surface area contributed by atoms with Crippen LogP contribution in [0.15, 0.2) is 30.3 Å². The van der Waals surface area contributed by atoms with Crippen LogP contribution in [-0.4, -0.2) is 102 Å². The minimum Gasteiger partial charge on any atom is -0.493 e. The van der Waals surface area contributed by atoms with Crippen LogP contribution in [0.5, 0.6) is 34.5 Å². The van der Waals surface area contributed by atoms with Gasteiger partial charge in [-0.15, -0.1) is 0 Å². The standard InChI is InChI=1S/C30H37NO11/c1-31-19-14-18(41-30(34)17-12-23(37-4)29(40-7)24(13-17)38-5)15-20(31)27(26(19)33)42-25(32)9-8-16-10-21(35-2)28(39-6)22(11-16)36-3/h8-13,18-20,26-27,33H,14-15H2,1-7H3/b9-8+. The summed E-state index contributed by atoms with van der Waals surface area (Å²) in [6, 6.07) is 5.72. The van der Waals surface area contributed by atoms with Crippen LogP contribution in [-0.2, 0) is 14.3 Å². The van der Waals surface area contributed by atoms with Crippen LogP contribution in [0.4, 0.5) is 0 Å². The van der Waals surface area contributed by atoms with Crippen molar-refractivity contribution in [3.8, 4) is 34.5 Å². The molecule has 2 aliphatic rings. The lowest BCUT2D eigenvalue weighted by Crippen LogP contribution is -2.46. The first-order valence-electron chi connectivity index (χ1n) is 13.3. The normalized spacial score (nSPS) is 23.3. The van der Waals surface area contributed by atoms with Crippen molar-refractivity contribution in [2.45, 2.75) is 43.2 Å². The van der Waals surface area contributed by atoms with E-state index >= 15 is 0 Å². The molecule has 12 heteroatoms. The molecular formula is C30H37NO11. The summed E-state index contributed by atoms with van der Waals surface area (Å²) in [4.78, 5) is 27.9. The molecule has 4 rings (SSSR count). The maximum Gasteiger partial charge on any atom is 0.338 e. The number of ether oxygens (including phenoxy) is 8. The molecule has 2 bridgehead atoms. The molecule has 5 unspecified atom stereocenters. The van der Waals surface area contributed by atoms with E-state index in [0.29, 0.717) is 52.9 Å². The lowest BCUT2D eigenvalue weighted by atomic mass is 10.00. The summed E-state index contributed by atoms with van der Waals surface area (Å²) in [5.74, 6) is 1.14. The van der Waals surface area contributed by atoms with E-state index in [1.165, 1.54) is 60.9 Å². The number of aliphatic hydroxyl groups is 1. The van der Waals surface area contributed by atoms with Gasteiger partial charge < -0.3 is 43.0 Å². The van der Waals surface area contributed by atoms with Gasteiger partial charge >= 0.3 is 11.9 Å². The first-order chi connectivity index (χ1) is 20.2. The zero-order valence-electron chi connectivity index (χ0n) is 24.7. The largest absolute Gasteiger partial charge is 0.493 e. The van der Waals surface area contributed by atoms with Crippen molar-refractivity contribution in [1.29, 1.82) is 0 Å². The lowest BCUT2D eigenvalue weighted by Gasteiger charge is -2.36.